The molecular weight excluding hydrogens is 406 g/mol. The van der Waals surface area contributed by atoms with Gasteiger partial charge in [-0.3, -0.25) is 20.2 Å². The van der Waals surface area contributed by atoms with Gasteiger partial charge in [-0.1, -0.05) is 27.5 Å². The molecule has 0 aliphatic carbocycles. The van der Waals surface area contributed by atoms with Gasteiger partial charge in [0.2, 0.25) is 0 Å². The molecule has 0 aliphatic heterocycles. The molecule has 9 heteroatoms. The van der Waals surface area contributed by atoms with Crippen molar-refractivity contribution in [1.29, 1.82) is 0 Å². The number of benzene rings is 2. The van der Waals surface area contributed by atoms with Crippen LogP contribution in [0.1, 0.15) is 10.4 Å². The summed E-state index contributed by atoms with van der Waals surface area (Å²) >= 11 is 14.0. The van der Waals surface area contributed by atoms with Gasteiger partial charge in [0.05, 0.1) is 4.92 Å². The fourth-order valence-corrected chi connectivity index (χ4v) is 2.33. The number of anilines is 1. The third-order valence-electron chi connectivity index (χ3n) is 2.73. The molecule has 0 bridgehead atoms. The van der Waals surface area contributed by atoms with Crippen molar-refractivity contribution in [3.05, 3.63) is 67.6 Å². The molecule has 2 rings (SSSR count). The summed E-state index contributed by atoms with van der Waals surface area (Å²) in [7, 11) is 0. The van der Waals surface area contributed by atoms with Gasteiger partial charge < -0.3 is 5.32 Å². The van der Waals surface area contributed by atoms with Gasteiger partial charge in [0, 0.05) is 21.8 Å². The summed E-state index contributed by atoms with van der Waals surface area (Å²) in [6.07, 6.45) is 0. The highest BCUT2D eigenvalue weighted by atomic mass is 79.9. The smallest absolute Gasteiger partial charge is 0.289 e. The molecule has 0 radical (unpaired) electrons. The fraction of sp³-hybridized carbons (Fsp3) is 0. The molecule has 0 atom stereocenters. The summed E-state index contributed by atoms with van der Waals surface area (Å²) in [6.45, 7) is 0. The summed E-state index contributed by atoms with van der Waals surface area (Å²) in [5.41, 5.74) is 0.528. The van der Waals surface area contributed by atoms with E-state index in [1.54, 1.807) is 24.3 Å². The molecule has 1 amide bonds. The van der Waals surface area contributed by atoms with Crippen LogP contribution in [0.5, 0.6) is 0 Å². The van der Waals surface area contributed by atoms with E-state index in [4.69, 9.17) is 23.8 Å². The lowest BCUT2D eigenvalue weighted by Crippen LogP contribution is -2.34. The molecule has 118 valence electrons. The van der Waals surface area contributed by atoms with Crippen LogP contribution in [-0.2, 0) is 0 Å². The third kappa shape index (κ3) is 4.72. The quantitative estimate of drug-likeness (QED) is 0.448. The highest BCUT2D eigenvalue weighted by Crippen LogP contribution is 2.27. The van der Waals surface area contributed by atoms with Gasteiger partial charge in [0.15, 0.2) is 5.11 Å². The number of carbonyl (C=O) groups is 1. The lowest BCUT2D eigenvalue weighted by atomic mass is 10.2. The number of nitro groups is 1. The lowest BCUT2D eigenvalue weighted by Gasteiger charge is -2.10. The lowest BCUT2D eigenvalue weighted by molar-refractivity contribution is -0.384. The summed E-state index contributed by atoms with van der Waals surface area (Å²) in [6, 6.07) is 10.9. The number of halogens is 2. The molecule has 2 aromatic carbocycles. The van der Waals surface area contributed by atoms with E-state index in [0.717, 1.165) is 4.47 Å². The second-order valence-electron chi connectivity index (χ2n) is 4.34. The van der Waals surface area contributed by atoms with Gasteiger partial charge in [-0.25, -0.2) is 0 Å². The summed E-state index contributed by atoms with van der Waals surface area (Å²) in [5.74, 6) is -0.390. The van der Waals surface area contributed by atoms with Crippen molar-refractivity contribution in [2.75, 3.05) is 5.32 Å². The Labute approximate surface area is 150 Å². The normalized spacial score (nSPS) is 10.0. The van der Waals surface area contributed by atoms with Crippen molar-refractivity contribution in [1.82, 2.24) is 5.32 Å². The molecular formula is C14H9BrClN3O3S. The van der Waals surface area contributed by atoms with E-state index in [1.165, 1.54) is 18.2 Å². The summed E-state index contributed by atoms with van der Waals surface area (Å²) < 4.78 is 0.850. The predicted octanol–water partition coefficient (Wildman–Crippen LogP) is 4.14. The Morgan fingerprint density at radius 1 is 1.22 bits per heavy atom. The molecule has 0 aliphatic rings. The Morgan fingerprint density at radius 3 is 2.48 bits per heavy atom. The van der Waals surface area contributed by atoms with Gasteiger partial charge in [-0.15, -0.1) is 0 Å². The van der Waals surface area contributed by atoms with Gasteiger partial charge in [0.1, 0.15) is 5.02 Å². The van der Waals surface area contributed by atoms with Gasteiger partial charge in [-0.05, 0) is 48.6 Å². The zero-order valence-electron chi connectivity index (χ0n) is 11.4. The van der Waals surface area contributed by atoms with Crippen LogP contribution in [0.4, 0.5) is 11.4 Å². The molecule has 2 aromatic rings. The van der Waals surface area contributed by atoms with Crippen molar-refractivity contribution in [3.8, 4) is 0 Å². The van der Waals surface area contributed by atoms with Crippen LogP contribution in [0, 0.1) is 10.1 Å². The molecule has 0 unspecified atom stereocenters. The van der Waals surface area contributed by atoms with Crippen LogP contribution in [0.25, 0.3) is 0 Å². The van der Waals surface area contributed by atoms with Crippen molar-refractivity contribution < 1.29 is 9.72 Å². The van der Waals surface area contributed by atoms with Gasteiger partial charge >= 0.3 is 0 Å². The van der Waals surface area contributed by atoms with E-state index in [2.05, 4.69) is 26.6 Å². The second kappa shape index (κ2) is 7.49. The molecule has 0 heterocycles. The van der Waals surface area contributed by atoms with Crippen LogP contribution in [-0.4, -0.2) is 15.9 Å². The first-order valence-corrected chi connectivity index (χ1v) is 7.76. The molecule has 0 fully saturated rings. The predicted molar refractivity (Wildman–Crippen MR) is 95.9 cm³/mol. The van der Waals surface area contributed by atoms with E-state index in [0.29, 0.717) is 11.3 Å². The highest BCUT2D eigenvalue weighted by Gasteiger charge is 2.14. The largest absolute Gasteiger partial charge is 0.332 e. The average Bonchev–Trinajstić information content (AvgIpc) is 2.49. The minimum atomic E-state index is -0.600. The SMILES string of the molecule is O=C(NC(=S)Nc1ccc(Cl)c([N+](=O)[O-])c1)c1ccc(Br)cc1. The Hall–Kier alpha value is -2.03. The zero-order chi connectivity index (χ0) is 17.0. The standard InChI is InChI=1S/C14H9BrClN3O3S/c15-9-3-1-8(2-4-9)13(20)18-14(23)17-10-5-6-11(16)12(7-10)19(21)22/h1-7H,(H2,17,18,20,23). The number of hydrogen-bond acceptors (Lipinski definition) is 4. The number of rotatable bonds is 3. The summed E-state index contributed by atoms with van der Waals surface area (Å²) in [4.78, 5) is 22.2. The van der Waals surface area contributed by atoms with E-state index >= 15 is 0 Å². The van der Waals surface area contributed by atoms with Crippen molar-refractivity contribution in [2.24, 2.45) is 0 Å². The molecule has 0 aromatic heterocycles. The maximum atomic E-state index is 12.0. The minimum Gasteiger partial charge on any atom is -0.332 e. The molecule has 0 saturated carbocycles. The molecule has 23 heavy (non-hydrogen) atoms. The van der Waals surface area contributed by atoms with Crippen LogP contribution in [0.3, 0.4) is 0 Å². The third-order valence-corrected chi connectivity index (χ3v) is 3.79. The first-order chi connectivity index (χ1) is 10.9. The van der Waals surface area contributed by atoms with Crippen LogP contribution < -0.4 is 10.6 Å². The molecule has 2 N–H and O–H groups in total. The summed E-state index contributed by atoms with van der Waals surface area (Å²) in [5, 5.41) is 16.1. The van der Waals surface area contributed by atoms with Gasteiger partial charge in [0.25, 0.3) is 11.6 Å². The van der Waals surface area contributed by atoms with Crippen LogP contribution in [0.2, 0.25) is 5.02 Å². The fourth-order valence-electron chi connectivity index (χ4n) is 1.67. The Balaban J connectivity index is 2.05. The second-order valence-corrected chi connectivity index (χ2v) is 6.07. The van der Waals surface area contributed by atoms with E-state index in [9.17, 15) is 14.9 Å². The molecule has 0 spiro atoms. The number of nitrogens with one attached hydrogen (secondary N) is 2. The minimum absolute atomic E-state index is 0.0189. The molecule has 0 saturated heterocycles. The van der Waals surface area contributed by atoms with Crippen molar-refractivity contribution in [3.63, 3.8) is 0 Å². The first-order valence-electron chi connectivity index (χ1n) is 6.18. The van der Waals surface area contributed by atoms with E-state index in [1.807, 2.05) is 0 Å². The maximum absolute atomic E-state index is 12.0. The van der Waals surface area contributed by atoms with Crippen molar-refractivity contribution >= 4 is 62.1 Å². The van der Waals surface area contributed by atoms with E-state index in [-0.39, 0.29) is 15.8 Å². The number of nitrogens with zero attached hydrogens (tertiary/aromatic N) is 1. The van der Waals surface area contributed by atoms with Crippen LogP contribution >= 0.6 is 39.7 Å². The monoisotopic (exact) mass is 413 g/mol. The highest BCUT2D eigenvalue weighted by molar-refractivity contribution is 9.10. The Bertz CT molecular complexity index is 783. The average molecular weight is 415 g/mol. The number of amides is 1. The van der Waals surface area contributed by atoms with Crippen LogP contribution in [0.15, 0.2) is 46.9 Å². The first kappa shape index (κ1) is 17.3. The topological polar surface area (TPSA) is 84.3 Å². The number of nitro benzene ring substituents is 1. The van der Waals surface area contributed by atoms with Crippen molar-refractivity contribution in [2.45, 2.75) is 0 Å². The number of hydrogen-bond donors (Lipinski definition) is 2. The molecule has 6 nitrogen and oxygen atoms in total. The number of thiocarbonyl (C=S) groups is 1. The zero-order valence-corrected chi connectivity index (χ0v) is 14.5. The van der Waals surface area contributed by atoms with Gasteiger partial charge in [-0.2, -0.15) is 0 Å². The van der Waals surface area contributed by atoms with E-state index < -0.39 is 10.8 Å². The Kier molecular flexibility index (Phi) is 5.64. The Morgan fingerprint density at radius 2 is 1.87 bits per heavy atom. The maximum Gasteiger partial charge on any atom is 0.289 e. The number of carbonyl (C=O) groups excluding carboxylic acids is 1.